The maximum atomic E-state index is 12.4. The van der Waals surface area contributed by atoms with E-state index in [9.17, 15) is 9.59 Å². The van der Waals surface area contributed by atoms with Crippen molar-refractivity contribution in [1.82, 2.24) is 9.97 Å². The highest BCUT2D eigenvalue weighted by Gasteiger charge is 2.12. The number of anilines is 1. The summed E-state index contributed by atoms with van der Waals surface area (Å²) in [6, 6.07) is 15.4. The molecule has 1 amide bonds. The molecule has 0 saturated carbocycles. The minimum Gasteiger partial charge on any atom is -0.497 e. The van der Waals surface area contributed by atoms with Crippen LogP contribution in [0.5, 0.6) is 5.75 Å². The third kappa shape index (κ3) is 4.29. The molecule has 0 spiro atoms. The molecule has 1 aromatic heterocycles. The number of hydrogen-bond acceptors (Lipinski definition) is 4. The van der Waals surface area contributed by atoms with Gasteiger partial charge in [0.05, 0.1) is 17.8 Å². The smallest absolute Gasteiger partial charge is 0.274 e. The molecule has 0 fully saturated rings. The third-order valence-electron chi connectivity index (χ3n) is 3.68. The number of benzene rings is 2. The number of methoxy groups -OCH3 is 1. The number of hydrogen-bond donors (Lipinski definition) is 2. The number of para-hydroxylation sites is 1. The first-order valence-corrected chi connectivity index (χ1v) is 8.22. The topological polar surface area (TPSA) is 84.1 Å². The first-order chi connectivity index (χ1) is 12.5. The van der Waals surface area contributed by atoms with Gasteiger partial charge < -0.3 is 15.0 Å². The van der Waals surface area contributed by atoms with Gasteiger partial charge in [0.2, 0.25) is 0 Å². The first-order valence-electron chi connectivity index (χ1n) is 7.84. The quantitative estimate of drug-likeness (QED) is 0.722. The highest BCUT2D eigenvalue weighted by molar-refractivity contribution is 6.33. The molecular formula is C19H16ClN3O3. The number of rotatable bonds is 5. The van der Waals surface area contributed by atoms with E-state index in [0.717, 1.165) is 17.4 Å². The van der Waals surface area contributed by atoms with Crippen LogP contribution in [-0.2, 0) is 6.42 Å². The maximum absolute atomic E-state index is 12.4. The van der Waals surface area contributed by atoms with Gasteiger partial charge in [-0.05, 0) is 29.8 Å². The number of aromatic nitrogens is 2. The van der Waals surface area contributed by atoms with Gasteiger partial charge in [0.15, 0.2) is 0 Å². The molecular weight excluding hydrogens is 354 g/mol. The average Bonchev–Trinajstić information content (AvgIpc) is 2.64. The van der Waals surface area contributed by atoms with E-state index in [1.165, 1.54) is 0 Å². The summed E-state index contributed by atoms with van der Waals surface area (Å²) in [6.07, 6.45) is 0.381. The molecule has 2 aromatic carbocycles. The first kappa shape index (κ1) is 17.7. The van der Waals surface area contributed by atoms with E-state index < -0.39 is 11.5 Å². The molecule has 26 heavy (non-hydrogen) atoms. The van der Waals surface area contributed by atoms with Crippen molar-refractivity contribution in [2.45, 2.75) is 6.42 Å². The van der Waals surface area contributed by atoms with Crippen LogP contribution in [0.15, 0.2) is 59.4 Å². The Bertz CT molecular complexity index is 984. The van der Waals surface area contributed by atoms with Gasteiger partial charge in [0, 0.05) is 12.5 Å². The van der Waals surface area contributed by atoms with Crippen molar-refractivity contribution in [1.29, 1.82) is 0 Å². The van der Waals surface area contributed by atoms with Crippen molar-refractivity contribution in [2.75, 3.05) is 12.4 Å². The molecule has 0 saturated heterocycles. The van der Waals surface area contributed by atoms with Gasteiger partial charge in [-0.2, -0.15) is 0 Å². The molecule has 0 bridgehead atoms. The molecule has 0 radical (unpaired) electrons. The Morgan fingerprint density at radius 3 is 2.62 bits per heavy atom. The van der Waals surface area contributed by atoms with Gasteiger partial charge >= 0.3 is 0 Å². The highest BCUT2D eigenvalue weighted by Crippen LogP contribution is 2.21. The molecule has 0 aliphatic carbocycles. The average molecular weight is 370 g/mol. The molecule has 0 unspecified atom stereocenters. The monoisotopic (exact) mass is 369 g/mol. The lowest BCUT2D eigenvalue weighted by Crippen LogP contribution is -2.20. The van der Waals surface area contributed by atoms with Gasteiger partial charge in [-0.25, -0.2) is 4.98 Å². The van der Waals surface area contributed by atoms with Crippen molar-refractivity contribution < 1.29 is 9.53 Å². The van der Waals surface area contributed by atoms with E-state index in [1.54, 1.807) is 31.4 Å². The van der Waals surface area contributed by atoms with Crippen LogP contribution < -0.4 is 15.6 Å². The predicted molar refractivity (Wildman–Crippen MR) is 100 cm³/mol. The number of halogens is 1. The largest absolute Gasteiger partial charge is 0.497 e. The van der Waals surface area contributed by atoms with Crippen LogP contribution in [0, 0.1) is 0 Å². The Morgan fingerprint density at radius 1 is 1.19 bits per heavy atom. The zero-order valence-electron chi connectivity index (χ0n) is 14.0. The second kappa shape index (κ2) is 7.84. The molecule has 3 rings (SSSR count). The number of ether oxygens (including phenoxy) is 1. The number of carbonyl (C=O) groups is 1. The molecule has 0 aliphatic rings. The zero-order chi connectivity index (χ0) is 18.5. The van der Waals surface area contributed by atoms with Crippen LogP contribution in [0.1, 0.15) is 21.9 Å². The van der Waals surface area contributed by atoms with E-state index in [0.29, 0.717) is 23.0 Å². The molecule has 132 valence electrons. The zero-order valence-corrected chi connectivity index (χ0v) is 14.7. The predicted octanol–water partition coefficient (Wildman–Crippen LogP) is 3.28. The fraction of sp³-hybridized carbons (Fsp3) is 0.105. The number of amides is 1. The maximum Gasteiger partial charge on any atom is 0.274 e. The van der Waals surface area contributed by atoms with Crippen molar-refractivity contribution in [3.8, 4) is 5.75 Å². The van der Waals surface area contributed by atoms with Crippen LogP contribution in [0.2, 0.25) is 5.02 Å². The van der Waals surface area contributed by atoms with Crippen LogP contribution in [0.25, 0.3) is 0 Å². The lowest BCUT2D eigenvalue weighted by Gasteiger charge is -2.08. The fourth-order valence-electron chi connectivity index (χ4n) is 2.39. The Morgan fingerprint density at radius 2 is 1.92 bits per heavy atom. The third-order valence-corrected chi connectivity index (χ3v) is 4.01. The highest BCUT2D eigenvalue weighted by atomic mass is 35.5. The van der Waals surface area contributed by atoms with Crippen LogP contribution in [0.3, 0.4) is 0 Å². The Labute approximate surface area is 154 Å². The lowest BCUT2D eigenvalue weighted by molar-refractivity contribution is 0.102. The summed E-state index contributed by atoms with van der Waals surface area (Å²) in [7, 11) is 1.59. The van der Waals surface area contributed by atoms with Gasteiger partial charge in [-0.3, -0.25) is 9.59 Å². The fourth-order valence-corrected chi connectivity index (χ4v) is 2.58. The summed E-state index contributed by atoms with van der Waals surface area (Å²) >= 11 is 6.04. The van der Waals surface area contributed by atoms with Gasteiger partial charge in [-0.15, -0.1) is 0 Å². The summed E-state index contributed by atoms with van der Waals surface area (Å²) in [4.78, 5) is 31.2. The molecule has 2 N–H and O–H groups in total. The summed E-state index contributed by atoms with van der Waals surface area (Å²) < 4.78 is 5.12. The molecule has 0 atom stereocenters. The normalized spacial score (nSPS) is 10.4. The lowest BCUT2D eigenvalue weighted by atomic mass is 10.1. The van der Waals surface area contributed by atoms with E-state index in [-0.39, 0.29) is 5.69 Å². The van der Waals surface area contributed by atoms with Crippen LogP contribution >= 0.6 is 11.6 Å². The van der Waals surface area contributed by atoms with Gasteiger partial charge in [0.1, 0.15) is 17.3 Å². The van der Waals surface area contributed by atoms with E-state index in [1.807, 2.05) is 24.3 Å². The van der Waals surface area contributed by atoms with E-state index >= 15 is 0 Å². The van der Waals surface area contributed by atoms with Crippen LogP contribution in [-0.4, -0.2) is 23.0 Å². The van der Waals surface area contributed by atoms with Gasteiger partial charge in [0.25, 0.3) is 11.5 Å². The number of H-pyrrole nitrogens is 1. The molecule has 6 nitrogen and oxygen atoms in total. The van der Waals surface area contributed by atoms with E-state index in [4.69, 9.17) is 16.3 Å². The minimum absolute atomic E-state index is 0.0252. The number of aromatic amines is 1. The molecule has 3 aromatic rings. The van der Waals surface area contributed by atoms with Gasteiger partial charge in [-0.1, -0.05) is 35.9 Å². The Kier molecular flexibility index (Phi) is 5.34. The van der Waals surface area contributed by atoms with Crippen molar-refractivity contribution >= 4 is 23.2 Å². The minimum atomic E-state index is -0.500. The number of nitrogens with zero attached hydrogens (tertiary/aromatic N) is 1. The van der Waals surface area contributed by atoms with Crippen molar-refractivity contribution in [3.05, 3.63) is 87.1 Å². The van der Waals surface area contributed by atoms with E-state index in [2.05, 4.69) is 15.3 Å². The summed E-state index contributed by atoms with van der Waals surface area (Å²) in [6.45, 7) is 0. The molecule has 0 aliphatic heterocycles. The van der Waals surface area contributed by atoms with Crippen molar-refractivity contribution in [3.63, 3.8) is 0 Å². The Balaban J connectivity index is 1.81. The summed E-state index contributed by atoms with van der Waals surface area (Å²) in [5.41, 5.74) is 1.01. The summed E-state index contributed by atoms with van der Waals surface area (Å²) in [5.74, 6) is 0.634. The second-order valence-electron chi connectivity index (χ2n) is 5.54. The number of carbonyl (C=O) groups excluding carboxylic acids is 1. The summed E-state index contributed by atoms with van der Waals surface area (Å²) in [5, 5.41) is 3.06. The van der Waals surface area contributed by atoms with Crippen LogP contribution in [0.4, 0.5) is 5.69 Å². The Hall–Kier alpha value is -3.12. The number of nitrogens with one attached hydrogen (secondary N) is 2. The van der Waals surface area contributed by atoms with Crippen molar-refractivity contribution in [2.24, 2.45) is 0 Å². The molecule has 7 heteroatoms. The standard InChI is InChI=1S/C19H16ClN3O3/c1-26-13-8-6-12(7-9-13)10-17-21-16(11-18(24)23-17)19(25)22-15-5-3-2-4-14(15)20/h2-9,11H,10H2,1H3,(H,22,25)(H,21,23,24). The second-order valence-corrected chi connectivity index (χ2v) is 5.94. The SMILES string of the molecule is COc1ccc(Cc2nc(C(=O)Nc3ccccc3Cl)cc(=O)[nH]2)cc1. The molecule has 1 heterocycles.